The monoisotopic (exact) mass is 252 g/mol. The minimum Gasteiger partial charge on any atom is -0.508 e. The van der Waals surface area contributed by atoms with Crippen molar-refractivity contribution in [2.24, 2.45) is 0 Å². The molecule has 0 spiro atoms. The summed E-state index contributed by atoms with van der Waals surface area (Å²) < 4.78 is 0. The molecule has 1 amide bonds. The first kappa shape index (κ1) is 12.7. The fraction of sp³-hybridized carbons (Fsp3) is 0.0667. The largest absolute Gasteiger partial charge is 0.508 e. The lowest BCUT2D eigenvalue weighted by Crippen LogP contribution is -2.22. The van der Waals surface area contributed by atoms with Gasteiger partial charge in [0.05, 0.1) is 11.6 Å². The van der Waals surface area contributed by atoms with Gasteiger partial charge in [0, 0.05) is 12.1 Å². The van der Waals surface area contributed by atoms with E-state index < -0.39 is 0 Å². The van der Waals surface area contributed by atoms with Gasteiger partial charge in [-0.1, -0.05) is 18.2 Å². The molecule has 2 N–H and O–H groups in total. The highest BCUT2D eigenvalue weighted by molar-refractivity contribution is 5.94. The van der Waals surface area contributed by atoms with E-state index in [1.54, 1.807) is 48.5 Å². The van der Waals surface area contributed by atoms with Gasteiger partial charge in [-0.05, 0) is 35.9 Å². The van der Waals surface area contributed by atoms with Crippen LogP contribution in [0, 0.1) is 11.3 Å². The van der Waals surface area contributed by atoms with Crippen molar-refractivity contribution in [1.29, 1.82) is 5.26 Å². The molecule has 0 bridgehead atoms. The van der Waals surface area contributed by atoms with Gasteiger partial charge in [0.1, 0.15) is 5.75 Å². The number of hydrogen-bond donors (Lipinski definition) is 2. The van der Waals surface area contributed by atoms with E-state index in [0.29, 0.717) is 17.7 Å². The number of phenols is 1. The lowest BCUT2D eigenvalue weighted by molar-refractivity contribution is 0.0951. The molecule has 2 rings (SSSR count). The molecule has 19 heavy (non-hydrogen) atoms. The van der Waals surface area contributed by atoms with Gasteiger partial charge in [0.25, 0.3) is 5.91 Å². The molecule has 0 saturated heterocycles. The van der Waals surface area contributed by atoms with Crippen molar-refractivity contribution in [2.75, 3.05) is 0 Å². The van der Waals surface area contributed by atoms with Gasteiger partial charge >= 0.3 is 0 Å². The molecule has 0 aliphatic rings. The summed E-state index contributed by atoms with van der Waals surface area (Å²) in [5, 5.41) is 20.7. The first-order valence-corrected chi connectivity index (χ1v) is 5.75. The number of aromatic hydroxyl groups is 1. The Morgan fingerprint density at radius 1 is 1.21 bits per heavy atom. The van der Waals surface area contributed by atoms with Crippen LogP contribution in [0.25, 0.3) is 0 Å². The average molecular weight is 252 g/mol. The molecule has 0 heterocycles. The highest BCUT2D eigenvalue weighted by atomic mass is 16.3. The van der Waals surface area contributed by atoms with Crippen LogP contribution in [0.3, 0.4) is 0 Å². The Morgan fingerprint density at radius 2 is 1.95 bits per heavy atom. The number of phenolic OH excluding ortho intramolecular Hbond substituents is 1. The lowest BCUT2D eigenvalue weighted by atomic mass is 10.1. The molecule has 0 aliphatic heterocycles. The quantitative estimate of drug-likeness (QED) is 0.879. The van der Waals surface area contributed by atoms with E-state index in [0.717, 1.165) is 5.56 Å². The number of nitrogens with zero attached hydrogens (tertiary/aromatic N) is 1. The minimum atomic E-state index is -0.231. The molecular formula is C15H12N2O2. The molecule has 4 heteroatoms. The van der Waals surface area contributed by atoms with Crippen LogP contribution in [-0.4, -0.2) is 11.0 Å². The normalized spacial score (nSPS) is 9.63. The van der Waals surface area contributed by atoms with Crippen LogP contribution >= 0.6 is 0 Å². The second-order valence-electron chi connectivity index (χ2n) is 4.04. The summed E-state index contributed by atoms with van der Waals surface area (Å²) >= 11 is 0. The SMILES string of the molecule is N#Cc1cccc(C(=O)NCc2ccc(O)cc2)c1. The fourth-order valence-electron chi connectivity index (χ4n) is 1.63. The predicted octanol–water partition coefficient (Wildman–Crippen LogP) is 2.19. The van der Waals surface area contributed by atoms with E-state index in [4.69, 9.17) is 10.4 Å². The highest BCUT2D eigenvalue weighted by Gasteiger charge is 2.05. The van der Waals surface area contributed by atoms with Crippen molar-refractivity contribution >= 4 is 5.91 Å². The Hall–Kier alpha value is -2.80. The Morgan fingerprint density at radius 3 is 2.63 bits per heavy atom. The van der Waals surface area contributed by atoms with E-state index in [9.17, 15) is 4.79 Å². The Labute approximate surface area is 110 Å². The summed E-state index contributed by atoms with van der Waals surface area (Å²) in [7, 11) is 0. The summed E-state index contributed by atoms with van der Waals surface area (Å²) in [4.78, 5) is 11.9. The van der Waals surface area contributed by atoms with E-state index in [1.165, 1.54) is 0 Å². The van der Waals surface area contributed by atoms with Crippen LogP contribution in [0.2, 0.25) is 0 Å². The maximum atomic E-state index is 11.9. The number of benzene rings is 2. The van der Waals surface area contributed by atoms with Gasteiger partial charge in [-0.2, -0.15) is 5.26 Å². The zero-order chi connectivity index (χ0) is 13.7. The van der Waals surface area contributed by atoms with Gasteiger partial charge < -0.3 is 10.4 Å². The molecule has 0 atom stereocenters. The van der Waals surface area contributed by atoms with Gasteiger partial charge in [0.2, 0.25) is 0 Å². The first-order valence-electron chi connectivity index (χ1n) is 5.75. The Balaban J connectivity index is 2.01. The third-order valence-electron chi connectivity index (χ3n) is 2.64. The second-order valence-corrected chi connectivity index (χ2v) is 4.04. The van der Waals surface area contributed by atoms with Crippen LogP contribution in [0.5, 0.6) is 5.75 Å². The van der Waals surface area contributed by atoms with Crippen molar-refractivity contribution in [1.82, 2.24) is 5.32 Å². The Kier molecular flexibility index (Phi) is 3.79. The highest BCUT2D eigenvalue weighted by Crippen LogP contribution is 2.10. The molecule has 4 nitrogen and oxygen atoms in total. The van der Waals surface area contributed by atoms with Crippen molar-refractivity contribution in [2.45, 2.75) is 6.54 Å². The van der Waals surface area contributed by atoms with Crippen LogP contribution in [-0.2, 0) is 6.54 Å². The maximum absolute atomic E-state index is 11.9. The zero-order valence-electron chi connectivity index (χ0n) is 10.1. The fourth-order valence-corrected chi connectivity index (χ4v) is 1.63. The third-order valence-corrected chi connectivity index (χ3v) is 2.64. The van der Waals surface area contributed by atoms with Crippen molar-refractivity contribution in [3.05, 3.63) is 65.2 Å². The summed E-state index contributed by atoms with van der Waals surface area (Å²) in [5.41, 5.74) is 1.80. The maximum Gasteiger partial charge on any atom is 0.251 e. The number of carbonyl (C=O) groups is 1. The molecule has 0 radical (unpaired) electrons. The van der Waals surface area contributed by atoms with Gasteiger partial charge in [-0.15, -0.1) is 0 Å². The molecule has 2 aromatic carbocycles. The summed E-state index contributed by atoms with van der Waals surface area (Å²) in [6.45, 7) is 0.371. The topological polar surface area (TPSA) is 73.1 Å². The van der Waals surface area contributed by atoms with Crippen LogP contribution < -0.4 is 5.32 Å². The lowest BCUT2D eigenvalue weighted by Gasteiger charge is -2.05. The van der Waals surface area contributed by atoms with E-state index >= 15 is 0 Å². The van der Waals surface area contributed by atoms with E-state index in [-0.39, 0.29) is 11.7 Å². The summed E-state index contributed by atoms with van der Waals surface area (Å²) in [6, 6.07) is 15.1. The van der Waals surface area contributed by atoms with Crippen LogP contribution in [0.1, 0.15) is 21.5 Å². The number of rotatable bonds is 3. The average Bonchev–Trinajstić information content (AvgIpc) is 2.46. The first-order chi connectivity index (χ1) is 9.19. The molecule has 0 aliphatic carbocycles. The van der Waals surface area contributed by atoms with E-state index in [2.05, 4.69) is 5.32 Å². The van der Waals surface area contributed by atoms with Gasteiger partial charge in [-0.25, -0.2) is 0 Å². The molecule has 0 aromatic heterocycles. The van der Waals surface area contributed by atoms with E-state index in [1.807, 2.05) is 6.07 Å². The smallest absolute Gasteiger partial charge is 0.251 e. The summed E-state index contributed by atoms with van der Waals surface area (Å²) in [5.74, 6) is -0.0398. The molecule has 0 unspecified atom stereocenters. The standard InChI is InChI=1S/C15H12N2O2/c16-9-12-2-1-3-13(8-12)15(19)17-10-11-4-6-14(18)7-5-11/h1-8,18H,10H2,(H,17,19). The number of hydrogen-bond acceptors (Lipinski definition) is 3. The van der Waals surface area contributed by atoms with Crippen molar-refractivity contribution in [3.63, 3.8) is 0 Å². The van der Waals surface area contributed by atoms with Gasteiger partial charge in [0.15, 0.2) is 0 Å². The van der Waals surface area contributed by atoms with Gasteiger partial charge in [-0.3, -0.25) is 4.79 Å². The molecule has 94 valence electrons. The molecule has 2 aromatic rings. The second kappa shape index (κ2) is 5.69. The van der Waals surface area contributed by atoms with Crippen LogP contribution in [0.4, 0.5) is 0 Å². The molecule has 0 fully saturated rings. The van der Waals surface area contributed by atoms with Crippen LogP contribution in [0.15, 0.2) is 48.5 Å². The number of nitriles is 1. The molecule has 0 saturated carbocycles. The minimum absolute atomic E-state index is 0.191. The third kappa shape index (κ3) is 3.33. The van der Waals surface area contributed by atoms with Crippen molar-refractivity contribution < 1.29 is 9.90 Å². The predicted molar refractivity (Wildman–Crippen MR) is 70.4 cm³/mol. The van der Waals surface area contributed by atoms with Crippen molar-refractivity contribution in [3.8, 4) is 11.8 Å². The number of carbonyl (C=O) groups excluding carboxylic acids is 1. The summed E-state index contributed by atoms with van der Waals surface area (Å²) in [6.07, 6.45) is 0. The number of nitrogens with one attached hydrogen (secondary N) is 1. The Bertz CT molecular complexity index is 627. The number of amides is 1. The molecular weight excluding hydrogens is 240 g/mol. The zero-order valence-corrected chi connectivity index (χ0v) is 10.1.